The lowest BCUT2D eigenvalue weighted by molar-refractivity contribution is -0.134. The maximum atomic E-state index is 13.9. The number of hydrogen-bond donors (Lipinski definition) is 0. The summed E-state index contributed by atoms with van der Waals surface area (Å²) in [5, 5.41) is 7.55. The molecule has 1 fully saturated rings. The minimum absolute atomic E-state index is 0.0664. The lowest BCUT2D eigenvalue weighted by Crippen LogP contribution is -2.48. The van der Waals surface area contributed by atoms with Gasteiger partial charge in [0.15, 0.2) is 0 Å². The molecule has 2 aromatic carbocycles. The van der Waals surface area contributed by atoms with Crippen molar-refractivity contribution in [1.82, 2.24) is 14.7 Å². The summed E-state index contributed by atoms with van der Waals surface area (Å²) in [6.07, 6.45) is 0. The molecule has 0 spiro atoms. The average Bonchev–Trinajstić information content (AvgIpc) is 3.59. The quantitative estimate of drug-likeness (QED) is 0.309. The Hall–Kier alpha value is -3.11. The number of thiophene rings is 1. The average molecular weight is 579 g/mol. The molecule has 0 N–H and O–H groups in total. The van der Waals surface area contributed by atoms with Gasteiger partial charge in [-0.15, -0.1) is 23.1 Å². The number of amides is 2. The predicted octanol–water partition coefficient (Wildman–Crippen LogP) is 5.59. The van der Waals surface area contributed by atoms with Crippen LogP contribution in [0.1, 0.15) is 21.9 Å². The smallest absolute Gasteiger partial charge is 0.242 e. The number of rotatable bonds is 5. The monoisotopic (exact) mass is 578 g/mol. The molecule has 10 heteroatoms. The summed E-state index contributed by atoms with van der Waals surface area (Å²) in [7, 11) is 0. The van der Waals surface area contributed by atoms with Gasteiger partial charge in [-0.1, -0.05) is 54.1 Å². The number of morpholine rings is 1. The first-order chi connectivity index (χ1) is 19.0. The number of aryl methyl sites for hydroxylation is 1. The van der Waals surface area contributed by atoms with E-state index >= 15 is 0 Å². The summed E-state index contributed by atoms with van der Waals surface area (Å²) in [5.41, 5.74) is 4.47. The van der Waals surface area contributed by atoms with Crippen LogP contribution in [0.3, 0.4) is 0 Å². The van der Waals surface area contributed by atoms with E-state index in [2.05, 4.69) is 0 Å². The van der Waals surface area contributed by atoms with Gasteiger partial charge in [-0.2, -0.15) is 5.10 Å². The molecule has 0 unspecified atom stereocenters. The van der Waals surface area contributed by atoms with Crippen LogP contribution < -0.4 is 4.90 Å². The van der Waals surface area contributed by atoms with E-state index in [4.69, 9.17) is 21.4 Å². The Kier molecular flexibility index (Phi) is 7.49. The highest BCUT2D eigenvalue weighted by Gasteiger charge is 2.39. The highest BCUT2D eigenvalue weighted by Crippen LogP contribution is 2.50. The van der Waals surface area contributed by atoms with Crippen LogP contribution in [-0.2, 0) is 14.3 Å². The van der Waals surface area contributed by atoms with Crippen molar-refractivity contribution in [1.29, 1.82) is 0 Å². The lowest BCUT2D eigenvalue weighted by atomic mass is 10.0. The Morgan fingerprint density at radius 2 is 1.85 bits per heavy atom. The zero-order chi connectivity index (χ0) is 26.9. The molecule has 1 atom stereocenters. The molecule has 0 aliphatic carbocycles. The largest absolute Gasteiger partial charge is 0.378 e. The van der Waals surface area contributed by atoms with Crippen molar-refractivity contribution in [3.63, 3.8) is 0 Å². The van der Waals surface area contributed by atoms with E-state index in [1.165, 1.54) is 11.8 Å². The molecule has 0 bridgehead atoms. The van der Waals surface area contributed by atoms with Gasteiger partial charge in [0.1, 0.15) is 18.1 Å². The van der Waals surface area contributed by atoms with E-state index in [1.54, 1.807) is 21.1 Å². The molecular formula is C29H27ClN4O3S2. The number of hydrogen-bond acceptors (Lipinski definition) is 6. The number of anilines is 1. The van der Waals surface area contributed by atoms with Crippen molar-refractivity contribution in [2.75, 3.05) is 43.5 Å². The van der Waals surface area contributed by atoms with Crippen LogP contribution in [0.2, 0.25) is 5.02 Å². The minimum Gasteiger partial charge on any atom is -0.378 e. The van der Waals surface area contributed by atoms with Gasteiger partial charge in [0.05, 0.1) is 34.8 Å². The summed E-state index contributed by atoms with van der Waals surface area (Å²) in [4.78, 5) is 31.8. The Morgan fingerprint density at radius 1 is 1.08 bits per heavy atom. The summed E-state index contributed by atoms with van der Waals surface area (Å²) in [5.74, 6) is 0.589. The number of para-hydroxylation sites is 1. The van der Waals surface area contributed by atoms with Gasteiger partial charge in [-0.3, -0.25) is 14.5 Å². The van der Waals surface area contributed by atoms with E-state index < -0.39 is 0 Å². The van der Waals surface area contributed by atoms with Crippen LogP contribution in [0.4, 0.5) is 5.82 Å². The van der Waals surface area contributed by atoms with Gasteiger partial charge >= 0.3 is 0 Å². The summed E-state index contributed by atoms with van der Waals surface area (Å²) in [6, 6.07) is 19.8. The number of carbonyl (C=O) groups is 2. The van der Waals surface area contributed by atoms with Gasteiger partial charge in [0.2, 0.25) is 11.8 Å². The molecule has 4 aromatic rings. The Bertz CT molecular complexity index is 1510. The van der Waals surface area contributed by atoms with Crippen LogP contribution >= 0.6 is 34.7 Å². The molecule has 1 saturated heterocycles. The van der Waals surface area contributed by atoms with Gasteiger partial charge in [-0.05, 0) is 41.6 Å². The van der Waals surface area contributed by atoms with Gasteiger partial charge in [-0.25, -0.2) is 4.68 Å². The second-order valence-electron chi connectivity index (χ2n) is 9.45. The van der Waals surface area contributed by atoms with E-state index in [0.29, 0.717) is 37.1 Å². The Morgan fingerprint density at radius 3 is 2.59 bits per heavy atom. The molecule has 7 nitrogen and oxygen atoms in total. The van der Waals surface area contributed by atoms with Crippen LogP contribution in [0, 0.1) is 6.92 Å². The third-order valence-corrected chi connectivity index (χ3v) is 9.49. The first-order valence-corrected chi connectivity index (χ1v) is 15.1. The Balaban J connectivity index is 1.59. The standard InChI is InChI=1S/C29H27ClN4O3S2/c1-19-7-2-5-10-22(19)34-29-26(27(31-34)23-11-6-16-38-23)28(20-8-3-4-9-21(20)30)39-18-25(36)33(29)17-24(35)32-12-14-37-15-13-32/h2-11,16,28H,12-15,17-18H2,1H3/t28-/m1/s1. The van der Waals surface area contributed by atoms with Gasteiger partial charge in [0, 0.05) is 23.7 Å². The topological polar surface area (TPSA) is 67.7 Å². The van der Waals surface area contributed by atoms with Crippen molar-refractivity contribution < 1.29 is 14.3 Å². The molecule has 2 aliphatic heterocycles. The third-order valence-electron chi connectivity index (χ3n) is 7.03. The Labute approximate surface area is 240 Å². The second-order valence-corrected chi connectivity index (χ2v) is 11.9. The molecule has 4 heterocycles. The summed E-state index contributed by atoms with van der Waals surface area (Å²) in [6.45, 7) is 3.99. The molecule has 2 aliphatic rings. The molecule has 200 valence electrons. The number of nitrogens with zero attached hydrogens (tertiary/aromatic N) is 4. The first kappa shape index (κ1) is 26.1. The van der Waals surface area contributed by atoms with Gasteiger partial charge < -0.3 is 9.64 Å². The third kappa shape index (κ3) is 5.00. The van der Waals surface area contributed by atoms with Crippen molar-refractivity contribution in [2.24, 2.45) is 0 Å². The fourth-order valence-electron chi connectivity index (χ4n) is 5.06. The zero-order valence-corrected chi connectivity index (χ0v) is 23.8. The summed E-state index contributed by atoms with van der Waals surface area (Å²) < 4.78 is 7.29. The molecule has 0 radical (unpaired) electrons. The maximum Gasteiger partial charge on any atom is 0.242 e. The molecule has 6 rings (SSSR count). The normalized spacial score (nSPS) is 17.7. The number of halogens is 1. The molecule has 2 amide bonds. The van der Waals surface area contributed by atoms with Gasteiger partial charge in [0.25, 0.3) is 0 Å². The molecular weight excluding hydrogens is 552 g/mol. The number of benzene rings is 2. The van der Waals surface area contributed by atoms with Crippen molar-refractivity contribution >= 4 is 52.3 Å². The van der Waals surface area contributed by atoms with Crippen LogP contribution in [-0.4, -0.2) is 65.1 Å². The predicted molar refractivity (Wildman–Crippen MR) is 157 cm³/mol. The highest BCUT2D eigenvalue weighted by atomic mass is 35.5. The minimum atomic E-state index is -0.254. The number of carbonyl (C=O) groups excluding carboxylic acids is 2. The molecule has 2 aromatic heterocycles. The number of fused-ring (bicyclic) bond motifs is 1. The van der Waals surface area contributed by atoms with Crippen LogP contribution in [0.15, 0.2) is 66.0 Å². The van der Waals surface area contributed by atoms with Crippen LogP contribution in [0.25, 0.3) is 16.3 Å². The fraction of sp³-hybridized carbons (Fsp3) is 0.276. The number of thioether (sulfide) groups is 1. The zero-order valence-electron chi connectivity index (χ0n) is 21.4. The SMILES string of the molecule is Cc1ccccc1-n1nc(-c2cccs2)c2c1N(CC(=O)N1CCOCC1)C(=O)CS[C@@H]2c1ccccc1Cl. The van der Waals surface area contributed by atoms with Crippen molar-refractivity contribution in [2.45, 2.75) is 12.2 Å². The maximum absolute atomic E-state index is 13.9. The summed E-state index contributed by atoms with van der Waals surface area (Å²) >= 11 is 9.87. The second kappa shape index (κ2) is 11.2. The number of ether oxygens (including phenoxy) is 1. The first-order valence-electron chi connectivity index (χ1n) is 12.8. The van der Waals surface area contributed by atoms with Crippen LogP contribution in [0.5, 0.6) is 0 Å². The highest BCUT2D eigenvalue weighted by molar-refractivity contribution is 8.00. The van der Waals surface area contributed by atoms with E-state index in [-0.39, 0.29) is 29.4 Å². The van der Waals surface area contributed by atoms with Crippen molar-refractivity contribution in [3.05, 3.63) is 87.8 Å². The lowest BCUT2D eigenvalue weighted by Gasteiger charge is -2.30. The number of aromatic nitrogens is 2. The van der Waals surface area contributed by atoms with E-state index in [1.807, 2.05) is 77.6 Å². The van der Waals surface area contributed by atoms with E-state index in [0.717, 1.165) is 32.9 Å². The van der Waals surface area contributed by atoms with E-state index in [9.17, 15) is 9.59 Å². The fourth-order valence-corrected chi connectivity index (χ4v) is 7.33. The molecule has 0 saturated carbocycles. The molecule has 39 heavy (non-hydrogen) atoms. The van der Waals surface area contributed by atoms with Crippen molar-refractivity contribution in [3.8, 4) is 16.3 Å².